The van der Waals surface area contributed by atoms with Gasteiger partial charge >= 0.3 is 19.8 Å². The van der Waals surface area contributed by atoms with Crippen LogP contribution in [0.4, 0.5) is 0 Å². The van der Waals surface area contributed by atoms with E-state index in [2.05, 4.69) is 148 Å². The number of phosphoric acid groups is 1. The molecule has 0 aromatic heterocycles. The van der Waals surface area contributed by atoms with Crippen LogP contribution < -0.4 is 0 Å². The molecule has 0 aromatic carbocycles. The van der Waals surface area contributed by atoms with Gasteiger partial charge < -0.3 is 18.9 Å². The van der Waals surface area contributed by atoms with Crippen LogP contribution in [0.1, 0.15) is 284 Å². The molecule has 0 aliphatic heterocycles. The third-order valence-electron chi connectivity index (χ3n) is 14.7. The van der Waals surface area contributed by atoms with E-state index in [1.54, 1.807) is 0 Å². The van der Waals surface area contributed by atoms with E-state index in [1.165, 1.54) is 141 Å². The topological polar surface area (TPSA) is 108 Å². The lowest BCUT2D eigenvalue weighted by molar-refractivity contribution is -0.870. The van der Waals surface area contributed by atoms with Crippen molar-refractivity contribution < 1.29 is 42.1 Å². The molecule has 0 aromatic rings. The summed E-state index contributed by atoms with van der Waals surface area (Å²) in [6, 6.07) is 0. The number of likely N-dealkylation sites (N-methyl/N-ethyl adjacent to an activating group) is 1. The molecule has 0 bridgehead atoms. The fourth-order valence-electron chi connectivity index (χ4n) is 9.40. The number of phosphoric ester groups is 1. The van der Waals surface area contributed by atoms with Crippen molar-refractivity contribution in [3.8, 4) is 0 Å². The average Bonchev–Trinajstić information content (AvgIpc) is 3.56. The molecule has 0 aliphatic carbocycles. The van der Waals surface area contributed by atoms with E-state index in [0.29, 0.717) is 17.4 Å². The van der Waals surface area contributed by atoms with Crippen LogP contribution in [0.2, 0.25) is 0 Å². The van der Waals surface area contributed by atoms with Crippen LogP contribution >= 0.6 is 7.82 Å². The first-order chi connectivity index (χ1) is 42.0. The summed E-state index contributed by atoms with van der Waals surface area (Å²) >= 11 is 0. The van der Waals surface area contributed by atoms with E-state index >= 15 is 0 Å². The van der Waals surface area contributed by atoms with Gasteiger partial charge in [0.05, 0.1) is 27.7 Å². The highest BCUT2D eigenvalue weighted by molar-refractivity contribution is 7.47. The summed E-state index contributed by atoms with van der Waals surface area (Å²) in [5, 5.41) is 0. The highest BCUT2D eigenvalue weighted by atomic mass is 31.2. The summed E-state index contributed by atoms with van der Waals surface area (Å²) in [6.45, 7) is 4.22. The number of ether oxygens (including phenoxy) is 2. The number of hydrogen-bond acceptors (Lipinski definition) is 7. The van der Waals surface area contributed by atoms with Crippen molar-refractivity contribution in [3.63, 3.8) is 0 Å². The third kappa shape index (κ3) is 69.3. The predicted molar refractivity (Wildman–Crippen MR) is 371 cm³/mol. The van der Waals surface area contributed by atoms with Gasteiger partial charge in [-0.3, -0.25) is 18.6 Å². The van der Waals surface area contributed by atoms with Gasteiger partial charge in [0.2, 0.25) is 0 Å². The quantitative estimate of drug-likeness (QED) is 0.0211. The van der Waals surface area contributed by atoms with Gasteiger partial charge in [-0.05, 0) is 109 Å². The highest BCUT2D eigenvalue weighted by Crippen LogP contribution is 2.43. The van der Waals surface area contributed by atoms with Gasteiger partial charge in [-0.1, -0.05) is 295 Å². The molecule has 0 rings (SSSR count). The second-order valence-electron chi connectivity index (χ2n) is 24.2. The van der Waals surface area contributed by atoms with Crippen LogP contribution in [-0.4, -0.2) is 74.9 Å². The molecule has 0 saturated heterocycles. The maximum Gasteiger partial charge on any atom is 0.472 e. The Morgan fingerprint density at radius 2 is 0.628 bits per heavy atom. The van der Waals surface area contributed by atoms with E-state index in [4.69, 9.17) is 18.5 Å². The molecule has 1 N–H and O–H groups in total. The Morgan fingerprint density at radius 3 is 0.930 bits per heavy atom. The summed E-state index contributed by atoms with van der Waals surface area (Å²) in [5.74, 6) is -0.799. The molecule has 0 aliphatic rings. The lowest BCUT2D eigenvalue weighted by atomic mass is 10.0. The van der Waals surface area contributed by atoms with E-state index in [9.17, 15) is 19.0 Å². The van der Waals surface area contributed by atoms with E-state index in [1.807, 2.05) is 21.1 Å². The average molecular weight is 1220 g/mol. The minimum Gasteiger partial charge on any atom is -0.462 e. The molecule has 2 atom stereocenters. The van der Waals surface area contributed by atoms with Gasteiger partial charge in [0, 0.05) is 12.8 Å². The van der Waals surface area contributed by atoms with Crippen molar-refractivity contribution >= 4 is 19.8 Å². The first-order valence-corrected chi connectivity index (χ1v) is 36.4. The molecule has 10 heteroatoms. The summed E-state index contributed by atoms with van der Waals surface area (Å²) < 4.78 is 34.7. The smallest absolute Gasteiger partial charge is 0.462 e. The molecule has 492 valence electrons. The first kappa shape index (κ1) is 82.1. The van der Waals surface area contributed by atoms with Crippen LogP contribution in [0.25, 0.3) is 0 Å². The number of esters is 2. The second kappa shape index (κ2) is 65.6. The number of hydrogen-bond donors (Lipinski definition) is 1. The molecule has 0 fully saturated rings. The minimum atomic E-state index is -4.40. The molecule has 86 heavy (non-hydrogen) atoms. The number of rotatable bonds is 63. The lowest BCUT2D eigenvalue weighted by Crippen LogP contribution is -2.37. The normalized spacial score (nSPS) is 14.0. The minimum absolute atomic E-state index is 0.0263. The molecule has 0 heterocycles. The van der Waals surface area contributed by atoms with E-state index < -0.39 is 26.5 Å². The van der Waals surface area contributed by atoms with Gasteiger partial charge in [-0.25, -0.2) is 4.57 Å². The highest BCUT2D eigenvalue weighted by Gasteiger charge is 2.27. The van der Waals surface area contributed by atoms with Gasteiger partial charge in [0.1, 0.15) is 19.8 Å². The number of unbranched alkanes of at least 4 members (excludes halogenated alkanes) is 27. The maximum atomic E-state index is 12.9. The zero-order valence-electron chi connectivity index (χ0n) is 56.0. The molecule has 2 unspecified atom stereocenters. The Kier molecular flexibility index (Phi) is 62.7. The number of quaternary nitrogens is 1. The van der Waals surface area contributed by atoms with Crippen LogP contribution in [-0.2, 0) is 32.7 Å². The molecule has 0 saturated carbocycles. The monoisotopic (exact) mass is 1220 g/mol. The maximum absolute atomic E-state index is 12.9. The van der Waals surface area contributed by atoms with Crippen molar-refractivity contribution in [2.24, 2.45) is 0 Å². The summed E-state index contributed by atoms with van der Waals surface area (Å²) in [4.78, 5) is 35.9. The molecule has 0 amide bonds. The van der Waals surface area contributed by atoms with Gasteiger partial charge in [-0.2, -0.15) is 0 Å². The summed E-state index contributed by atoms with van der Waals surface area (Å²) in [7, 11) is 1.47. The van der Waals surface area contributed by atoms with E-state index in [-0.39, 0.29) is 32.0 Å². The van der Waals surface area contributed by atoms with Gasteiger partial charge in [0.25, 0.3) is 0 Å². The second-order valence-corrected chi connectivity index (χ2v) is 25.6. The predicted octanol–water partition coefficient (Wildman–Crippen LogP) is 22.8. The Labute approximate surface area is 530 Å². The van der Waals surface area contributed by atoms with Crippen LogP contribution in [0, 0.1) is 0 Å². The zero-order chi connectivity index (χ0) is 62.6. The number of nitrogens with zero attached hydrogens (tertiary/aromatic N) is 1. The number of carbonyl (C=O) groups excluding carboxylic acids is 2. The Hall–Kier alpha value is -3.85. The fraction of sp³-hybridized carbons (Fsp3) is 0.684. The van der Waals surface area contributed by atoms with Crippen LogP contribution in [0.5, 0.6) is 0 Å². The number of allylic oxidation sites excluding steroid dienone is 22. The van der Waals surface area contributed by atoms with Crippen molar-refractivity contribution in [1.82, 2.24) is 0 Å². The summed E-state index contributed by atoms with van der Waals surface area (Å²) in [5.41, 5.74) is 0. The van der Waals surface area contributed by atoms with Crippen molar-refractivity contribution in [2.45, 2.75) is 290 Å². The van der Waals surface area contributed by atoms with Crippen molar-refractivity contribution in [3.05, 3.63) is 134 Å². The van der Waals surface area contributed by atoms with Crippen LogP contribution in [0.15, 0.2) is 134 Å². The SMILES string of the molecule is CC/C=C\C/C=C\C/C=C\C/C=C\C/C=C\C/C=C\CCCCCCCCCCCCCCC(=O)OC(COC(=O)CCCCCCCCCCCCCCCCC/C=C\C/C=C\C/C=C\C/C=C\C/C=C\CC)COP(=O)(O)OCC[N+](C)(C)C. The number of carbonyl (C=O) groups is 2. The van der Waals surface area contributed by atoms with E-state index in [0.717, 1.165) is 109 Å². The standard InChI is InChI=1S/C76H130NO8P/c1-6-8-10-12-14-16-18-20-22-24-26-28-30-32-34-36-38-40-42-44-46-48-50-52-54-56-58-60-62-64-66-68-75(78)82-72-74(73-84-86(80,81)83-71-70-77(3,4)5)85-76(79)69-67-65-63-61-59-57-55-53-51-49-47-45-43-41-39-37-35-33-31-29-27-25-23-21-19-17-15-13-11-9-7-2/h8-11,14-17,20-23,26-29,32-35,39,41,74H,6-7,12-13,18-19,24-25,30-31,36-38,40,42-73H2,1-5H3/p+1/b10-8-,11-9-,16-14-,17-15-,22-20-,23-21-,28-26-,29-27-,34-32-,35-33-,41-39-. The van der Waals surface area contributed by atoms with Crippen molar-refractivity contribution in [2.75, 3.05) is 47.5 Å². The van der Waals surface area contributed by atoms with Gasteiger partial charge in [-0.15, -0.1) is 0 Å². The van der Waals surface area contributed by atoms with Crippen LogP contribution in [0.3, 0.4) is 0 Å². The summed E-state index contributed by atoms with van der Waals surface area (Å²) in [6.07, 6.45) is 95.5. The third-order valence-corrected chi connectivity index (χ3v) is 15.7. The molecular weight excluding hydrogens is 1090 g/mol. The fourth-order valence-corrected chi connectivity index (χ4v) is 10.1. The first-order valence-electron chi connectivity index (χ1n) is 34.9. The zero-order valence-corrected chi connectivity index (χ0v) is 56.9. The lowest BCUT2D eigenvalue weighted by Gasteiger charge is -2.24. The van der Waals surface area contributed by atoms with Crippen molar-refractivity contribution in [1.29, 1.82) is 0 Å². The Balaban J connectivity index is 4.08. The molecule has 9 nitrogen and oxygen atoms in total. The Bertz CT molecular complexity index is 1910. The Morgan fingerprint density at radius 1 is 0.360 bits per heavy atom. The van der Waals surface area contributed by atoms with Gasteiger partial charge in [0.15, 0.2) is 6.10 Å². The largest absolute Gasteiger partial charge is 0.472 e. The molecular formula is C76H131NO8P+. The molecule has 0 radical (unpaired) electrons. The molecule has 0 spiro atoms.